The second-order valence-corrected chi connectivity index (χ2v) is 7.71. The van der Waals surface area contributed by atoms with E-state index in [0.717, 1.165) is 15.4 Å². The molecular formula is C23H22BrNO4. The maximum Gasteiger partial charge on any atom is 0.307 e. The van der Waals surface area contributed by atoms with E-state index in [1.807, 2.05) is 42.5 Å². The Kier molecular flexibility index (Phi) is 6.88. The van der Waals surface area contributed by atoms with Crippen LogP contribution in [0.3, 0.4) is 0 Å². The number of halogens is 1. The van der Waals surface area contributed by atoms with Crippen molar-refractivity contribution in [2.75, 3.05) is 7.11 Å². The Bertz CT molecular complexity index is 1020. The van der Waals surface area contributed by atoms with Crippen molar-refractivity contribution in [1.29, 1.82) is 0 Å². The van der Waals surface area contributed by atoms with Gasteiger partial charge in [0.25, 0.3) is 5.91 Å². The smallest absolute Gasteiger partial charge is 0.307 e. The normalized spacial score (nSPS) is 11.8. The molecule has 0 saturated heterocycles. The average Bonchev–Trinajstić information content (AvgIpc) is 2.73. The molecule has 0 bridgehead atoms. The highest BCUT2D eigenvalue weighted by Gasteiger charge is 2.20. The van der Waals surface area contributed by atoms with E-state index in [0.29, 0.717) is 18.2 Å². The largest absolute Gasteiger partial charge is 0.506 e. The number of carbonyl (C=O) groups excluding carboxylic acids is 2. The molecule has 29 heavy (non-hydrogen) atoms. The Morgan fingerprint density at radius 2 is 1.79 bits per heavy atom. The molecule has 0 saturated carbocycles. The molecule has 5 nitrogen and oxygen atoms in total. The zero-order chi connectivity index (χ0) is 20.8. The third kappa shape index (κ3) is 5.35. The number of ether oxygens (including phenoxy) is 1. The third-order valence-corrected chi connectivity index (χ3v) is 5.34. The molecule has 0 aromatic heterocycles. The maximum atomic E-state index is 12.8. The molecule has 0 fully saturated rings. The van der Waals surface area contributed by atoms with Gasteiger partial charge < -0.3 is 15.2 Å². The average molecular weight is 456 g/mol. The molecule has 1 amide bonds. The summed E-state index contributed by atoms with van der Waals surface area (Å²) in [6.07, 6.45) is 1.32. The van der Waals surface area contributed by atoms with Crippen LogP contribution in [0.4, 0.5) is 0 Å². The summed E-state index contributed by atoms with van der Waals surface area (Å²) in [5.74, 6) is -0.878. The van der Waals surface area contributed by atoms with Crippen molar-refractivity contribution in [1.82, 2.24) is 5.32 Å². The van der Waals surface area contributed by atoms with Crippen LogP contribution in [0.1, 0.15) is 28.8 Å². The minimum Gasteiger partial charge on any atom is -0.506 e. The molecule has 0 aliphatic rings. The zero-order valence-electron chi connectivity index (χ0n) is 16.0. The summed E-state index contributed by atoms with van der Waals surface area (Å²) < 4.78 is 5.76. The van der Waals surface area contributed by atoms with Gasteiger partial charge in [0.1, 0.15) is 5.75 Å². The maximum absolute atomic E-state index is 12.8. The van der Waals surface area contributed by atoms with Crippen LogP contribution in [0.2, 0.25) is 0 Å². The second-order valence-electron chi connectivity index (χ2n) is 6.80. The first-order valence-electron chi connectivity index (χ1n) is 9.30. The molecule has 0 spiro atoms. The van der Waals surface area contributed by atoms with Crippen molar-refractivity contribution in [3.63, 3.8) is 0 Å². The summed E-state index contributed by atoms with van der Waals surface area (Å²) in [5.41, 5.74) is 1.29. The van der Waals surface area contributed by atoms with Crippen LogP contribution in [0.5, 0.6) is 5.75 Å². The fraction of sp³-hybridized carbons (Fsp3) is 0.217. The van der Waals surface area contributed by atoms with E-state index in [1.54, 1.807) is 18.2 Å². The van der Waals surface area contributed by atoms with Crippen LogP contribution in [-0.4, -0.2) is 30.1 Å². The summed E-state index contributed by atoms with van der Waals surface area (Å²) in [4.78, 5) is 24.6. The summed E-state index contributed by atoms with van der Waals surface area (Å²) >= 11 is 3.41. The van der Waals surface area contributed by atoms with Crippen LogP contribution in [-0.2, 0) is 16.0 Å². The van der Waals surface area contributed by atoms with Gasteiger partial charge in [-0.2, -0.15) is 0 Å². The number of aromatic hydroxyl groups is 1. The third-order valence-electron chi connectivity index (χ3n) is 4.82. The number of benzene rings is 3. The number of fused-ring (bicyclic) bond motifs is 1. The van der Waals surface area contributed by atoms with E-state index in [1.165, 1.54) is 7.11 Å². The standard InChI is InChI=1S/C23H22BrNO4/c1-29-21(26)14-18(12-8-15-6-10-17(24)11-7-15)25-23(28)20-13-9-16-4-2-3-5-19(16)22(20)27/h2-7,9-11,13,18,27H,8,12,14H2,1H3,(H,25,28). The van der Waals surface area contributed by atoms with Gasteiger partial charge in [0.2, 0.25) is 0 Å². The topological polar surface area (TPSA) is 75.6 Å². The number of nitrogens with one attached hydrogen (secondary N) is 1. The van der Waals surface area contributed by atoms with Crippen LogP contribution in [0.15, 0.2) is 65.1 Å². The summed E-state index contributed by atoms with van der Waals surface area (Å²) in [5, 5.41) is 14.9. The number of phenolic OH excluding ortho intramolecular Hbond substituents is 1. The predicted octanol–water partition coefficient (Wildman–Crippen LogP) is 4.60. The molecule has 0 heterocycles. The minimum atomic E-state index is -0.419. The second kappa shape index (κ2) is 9.56. The molecule has 1 atom stereocenters. The van der Waals surface area contributed by atoms with E-state index in [4.69, 9.17) is 4.74 Å². The van der Waals surface area contributed by atoms with Crippen molar-refractivity contribution in [2.24, 2.45) is 0 Å². The van der Waals surface area contributed by atoms with Crippen LogP contribution >= 0.6 is 15.9 Å². The summed E-state index contributed by atoms with van der Waals surface area (Å²) in [7, 11) is 1.32. The van der Waals surface area contributed by atoms with Gasteiger partial charge in [0.15, 0.2) is 0 Å². The number of amides is 1. The van der Waals surface area contributed by atoms with Crippen molar-refractivity contribution < 1.29 is 19.4 Å². The lowest BCUT2D eigenvalue weighted by molar-refractivity contribution is -0.141. The van der Waals surface area contributed by atoms with Gasteiger partial charge in [-0.3, -0.25) is 9.59 Å². The van der Waals surface area contributed by atoms with Gasteiger partial charge >= 0.3 is 5.97 Å². The Balaban J connectivity index is 1.75. The zero-order valence-corrected chi connectivity index (χ0v) is 17.6. The molecule has 150 valence electrons. The molecule has 2 N–H and O–H groups in total. The van der Waals surface area contributed by atoms with Gasteiger partial charge in [-0.15, -0.1) is 0 Å². The number of phenols is 1. The van der Waals surface area contributed by atoms with E-state index in [2.05, 4.69) is 21.2 Å². The van der Waals surface area contributed by atoms with Gasteiger partial charge in [0.05, 0.1) is 19.1 Å². The highest BCUT2D eigenvalue weighted by Crippen LogP contribution is 2.28. The van der Waals surface area contributed by atoms with Crippen molar-refractivity contribution in [3.8, 4) is 5.75 Å². The Hall–Kier alpha value is -2.86. The molecule has 0 radical (unpaired) electrons. The molecule has 0 aliphatic carbocycles. The number of methoxy groups -OCH3 is 1. The molecule has 0 aliphatic heterocycles. The van der Waals surface area contributed by atoms with Crippen LogP contribution in [0, 0.1) is 0 Å². The van der Waals surface area contributed by atoms with Gasteiger partial charge in [-0.05, 0) is 42.0 Å². The van der Waals surface area contributed by atoms with Gasteiger partial charge in [-0.25, -0.2) is 0 Å². The number of aryl methyl sites for hydroxylation is 1. The van der Waals surface area contributed by atoms with E-state index < -0.39 is 17.9 Å². The van der Waals surface area contributed by atoms with Gasteiger partial charge in [0, 0.05) is 15.9 Å². The fourth-order valence-electron chi connectivity index (χ4n) is 3.20. The lowest BCUT2D eigenvalue weighted by Gasteiger charge is -2.18. The van der Waals surface area contributed by atoms with Gasteiger partial charge in [-0.1, -0.05) is 58.4 Å². The highest BCUT2D eigenvalue weighted by molar-refractivity contribution is 9.10. The number of hydrogen-bond donors (Lipinski definition) is 2. The monoisotopic (exact) mass is 455 g/mol. The number of esters is 1. The first-order chi connectivity index (χ1) is 14.0. The lowest BCUT2D eigenvalue weighted by atomic mass is 10.0. The minimum absolute atomic E-state index is 0.0626. The molecular weight excluding hydrogens is 434 g/mol. The Morgan fingerprint density at radius 1 is 1.07 bits per heavy atom. The predicted molar refractivity (Wildman–Crippen MR) is 116 cm³/mol. The number of hydrogen-bond acceptors (Lipinski definition) is 4. The molecule has 3 aromatic rings. The molecule has 1 unspecified atom stereocenters. The van der Waals surface area contributed by atoms with Crippen molar-refractivity contribution >= 4 is 38.6 Å². The van der Waals surface area contributed by atoms with Crippen LogP contribution in [0.25, 0.3) is 10.8 Å². The van der Waals surface area contributed by atoms with E-state index in [9.17, 15) is 14.7 Å². The quantitative estimate of drug-likeness (QED) is 0.510. The van der Waals surface area contributed by atoms with Crippen molar-refractivity contribution in [3.05, 3.63) is 76.3 Å². The summed E-state index contributed by atoms with van der Waals surface area (Å²) in [6.45, 7) is 0. The van der Waals surface area contributed by atoms with E-state index >= 15 is 0 Å². The SMILES string of the molecule is COC(=O)CC(CCc1ccc(Br)cc1)NC(=O)c1ccc2ccccc2c1O. The summed E-state index contributed by atoms with van der Waals surface area (Å²) in [6, 6.07) is 18.2. The van der Waals surface area contributed by atoms with Crippen LogP contribution < -0.4 is 5.32 Å². The van der Waals surface area contributed by atoms with E-state index in [-0.39, 0.29) is 17.7 Å². The number of carbonyl (C=O) groups is 2. The fourth-order valence-corrected chi connectivity index (χ4v) is 3.47. The Labute approximate surface area is 177 Å². The first-order valence-corrected chi connectivity index (χ1v) is 10.1. The van der Waals surface area contributed by atoms with Crippen molar-refractivity contribution in [2.45, 2.75) is 25.3 Å². The Morgan fingerprint density at radius 3 is 2.52 bits per heavy atom. The number of rotatable bonds is 7. The highest BCUT2D eigenvalue weighted by atomic mass is 79.9. The molecule has 6 heteroatoms. The first kappa shape index (κ1) is 20.9. The lowest BCUT2D eigenvalue weighted by Crippen LogP contribution is -2.37. The molecule has 3 aromatic carbocycles. The molecule has 3 rings (SSSR count).